The van der Waals surface area contributed by atoms with Crippen molar-refractivity contribution in [2.75, 3.05) is 0 Å². The Kier molecular flexibility index (Phi) is 3.96. The summed E-state index contributed by atoms with van der Waals surface area (Å²) in [5, 5.41) is 7.81. The Balaban J connectivity index is 1.81. The molecule has 1 fully saturated rings. The molecule has 2 unspecified atom stereocenters. The largest absolute Gasteiger partial charge is 0.421 e. The minimum absolute atomic E-state index is 0.105. The topological polar surface area (TPSA) is 59.2 Å². The van der Waals surface area contributed by atoms with Crippen molar-refractivity contribution in [2.45, 2.75) is 52.1 Å². The molecule has 2 aromatic rings. The SMILES string of the molecule is Cc1nnc(-c2ccc(C(=O)N3C(C)CCCC3C)cc2)o1. The normalized spacial score (nSPS) is 21.9. The highest BCUT2D eigenvalue weighted by molar-refractivity contribution is 5.95. The predicted octanol–water partition coefficient (Wildman–Crippen LogP) is 3.45. The molecular formula is C17H21N3O2. The van der Waals surface area contributed by atoms with Crippen molar-refractivity contribution in [1.29, 1.82) is 0 Å². The van der Waals surface area contributed by atoms with Crippen molar-refractivity contribution >= 4 is 5.91 Å². The molecule has 3 rings (SSSR count). The number of benzene rings is 1. The van der Waals surface area contributed by atoms with E-state index in [2.05, 4.69) is 24.0 Å². The van der Waals surface area contributed by atoms with E-state index in [1.165, 1.54) is 6.42 Å². The molecule has 22 heavy (non-hydrogen) atoms. The summed E-state index contributed by atoms with van der Waals surface area (Å²) < 4.78 is 5.40. The summed E-state index contributed by atoms with van der Waals surface area (Å²) in [6.45, 7) is 6.01. The summed E-state index contributed by atoms with van der Waals surface area (Å²) in [5.41, 5.74) is 1.54. The summed E-state index contributed by atoms with van der Waals surface area (Å²) in [5.74, 6) is 1.12. The molecule has 1 aliphatic rings. The van der Waals surface area contributed by atoms with E-state index in [1.54, 1.807) is 6.92 Å². The van der Waals surface area contributed by atoms with E-state index in [9.17, 15) is 4.79 Å². The molecule has 1 aromatic heterocycles. The van der Waals surface area contributed by atoms with Crippen LogP contribution < -0.4 is 0 Å². The second kappa shape index (κ2) is 5.91. The number of nitrogens with zero attached hydrogens (tertiary/aromatic N) is 3. The summed E-state index contributed by atoms with van der Waals surface area (Å²) in [7, 11) is 0. The smallest absolute Gasteiger partial charge is 0.254 e. The van der Waals surface area contributed by atoms with Crippen LogP contribution in [0.3, 0.4) is 0 Å². The predicted molar refractivity (Wildman–Crippen MR) is 83.4 cm³/mol. The summed E-state index contributed by atoms with van der Waals surface area (Å²) >= 11 is 0. The monoisotopic (exact) mass is 299 g/mol. The van der Waals surface area contributed by atoms with Crippen LogP contribution >= 0.6 is 0 Å². The molecule has 0 aliphatic carbocycles. The first kappa shape index (κ1) is 14.8. The van der Waals surface area contributed by atoms with Gasteiger partial charge in [0, 0.05) is 30.1 Å². The van der Waals surface area contributed by atoms with Crippen molar-refractivity contribution in [3.05, 3.63) is 35.7 Å². The number of rotatable bonds is 2. The number of aryl methyl sites for hydroxylation is 1. The Bertz CT molecular complexity index is 653. The van der Waals surface area contributed by atoms with Gasteiger partial charge in [-0.2, -0.15) is 0 Å². The second-order valence-electron chi connectivity index (χ2n) is 6.04. The maximum Gasteiger partial charge on any atom is 0.254 e. The summed E-state index contributed by atoms with van der Waals surface area (Å²) in [6.07, 6.45) is 3.35. The molecule has 5 nitrogen and oxygen atoms in total. The van der Waals surface area contributed by atoms with Crippen molar-refractivity contribution in [2.24, 2.45) is 0 Å². The lowest BCUT2D eigenvalue weighted by atomic mass is 9.96. The highest BCUT2D eigenvalue weighted by atomic mass is 16.4. The molecule has 2 heterocycles. The lowest BCUT2D eigenvalue weighted by molar-refractivity contribution is 0.0511. The highest BCUT2D eigenvalue weighted by Crippen LogP contribution is 2.25. The van der Waals surface area contributed by atoms with Crippen molar-refractivity contribution in [3.63, 3.8) is 0 Å². The third-order valence-corrected chi connectivity index (χ3v) is 4.33. The molecule has 5 heteroatoms. The van der Waals surface area contributed by atoms with Gasteiger partial charge in [-0.05, 0) is 57.4 Å². The standard InChI is InChI=1S/C17H21N3O2/c1-11-5-4-6-12(2)20(11)17(21)15-9-7-14(8-10-15)16-19-18-13(3)22-16/h7-12H,4-6H2,1-3H3. The van der Waals surface area contributed by atoms with E-state index in [4.69, 9.17) is 4.42 Å². The molecule has 0 N–H and O–H groups in total. The van der Waals surface area contributed by atoms with Crippen LogP contribution in [0.4, 0.5) is 0 Å². The molecule has 1 saturated heterocycles. The van der Waals surface area contributed by atoms with Crippen molar-refractivity contribution in [3.8, 4) is 11.5 Å². The van der Waals surface area contributed by atoms with E-state index < -0.39 is 0 Å². The average Bonchev–Trinajstić information content (AvgIpc) is 2.94. The van der Waals surface area contributed by atoms with Gasteiger partial charge >= 0.3 is 0 Å². The fourth-order valence-electron chi connectivity index (χ4n) is 3.14. The number of carbonyl (C=O) groups is 1. The summed E-state index contributed by atoms with van der Waals surface area (Å²) in [6, 6.07) is 8.00. The van der Waals surface area contributed by atoms with Crippen molar-refractivity contribution < 1.29 is 9.21 Å². The zero-order valence-electron chi connectivity index (χ0n) is 13.2. The second-order valence-corrected chi connectivity index (χ2v) is 6.04. The molecule has 0 bridgehead atoms. The Morgan fingerprint density at radius 3 is 2.32 bits per heavy atom. The zero-order chi connectivity index (χ0) is 15.7. The quantitative estimate of drug-likeness (QED) is 0.852. The third-order valence-electron chi connectivity index (χ3n) is 4.33. The number of amides is 1. The average molecular weight is 299 g/mol. The number of aromatic nitrogens is 2. The van der Waals surface area contributed by atoms with Crippen LogP contribution in [-0.4, -0.2) is 33.1 Å². The van der Waals surface area contributed by atoms with Crippen LogP contribution in [-0.2, 0) is 0 Å². The number of carbonyl (C=O) groups excluding carboxylic acids is 1. The van der Waals surface area contributed by atoms with Crippen LogP contribution in [0.2, 0.25) is 0 Å². The van der Waals surface area contributed by atoms with Gasteiger partial charge in [-0.3, -0.25) is 4.79 Å². The van der Waals surface area contributed by atoms with E-state index in [-0.39, 0.29) is 5.91 Å². The molecular weight excluding hydrogens is 278 g/mol. The van der Waals surface area contributed by atoms with E-state index in [0.29, 0.717) is 29.4 Å². The zero-order valence-corrected chi connectivity index (χ0v) is 13.2. The Morgan fingerprint density at radius 2 is 1.77 bits per heavy atom. The van der Waals surface area contributed by atoms with Crippen LogP contribution in [0.15, 0.2) is 28.7 Å². The Morgan fingerprint density at radius 1 is 1.14 bits per heavy atom. The van der Waals surface area contributed by atoms with Gasteiger partial charge < -0.3 is 9.32 Å². The third kappa shape index (κ3) is 2.75. The molecule has 0 spiro atoms. The van der Waals surface area contributed by atoms with E-state index in [1.807, 2.05) is 29.2 Å². The van der Waals surface area contributed by atoms with Gasteiger partial charge in [0.25, 0.3) is 5.91 Å². The number of piperidine rings is 1. The van der Waals surface area contributed by atoms with Gasteiger partial charge in [0.15, 0.2) is 0 Å². The van der Waals surface area contributed by atoms with Gasteiger partial charge in [-0.25, -0.2) is 0 Å². The van der Waals surface area contributed by atoms with Crippen molar-refractivity contribution in [1.82, 2.24) is 15.1 Å². The Hall–Kier alpha value is -2.17. The Labute approximate surface area is 130 Å². The van der Waals surface area contributed by atoms with Gasteiger partial charge in [0.05, 0.1) is 0 Å². The lowest BCUT2D eigenvalue weighted by Crippen LogP contribution is -2.47. The first-order valence-electron chi connectivity index (χ1n) is 7.79. The first-order chi connectivity index (χ1) is 10.6. The van der Waals surface area contributed by atoms with Gasteiger partial charge in [-0.1, -0.05) is 0 Å². The molecule has 1 aromatic carbocycles. The van der Waals surface area contributed by atoms with Crippen LogP contribution in [0, 0.1) is 6.92 Å². The van der Waals surface area contributed by atoms with Crippen LogP contribution in [0.5, 0.6) is 0 Å². The maximum absolute atomic E-state index is 12.7. The molecule has 116 valence electrons. The van der Waals surface area contributed by atoms with E-state index in [0.717, 1.165) is 18.4 Å². The van der Waals surface area contributed by atoms with Crippen LogP contribution in [0.25, 0.3) is 11.5 Å². The molecule has 1 amide bonds. The minimum Gasteiger partial charge on any atom is -0.421 e. The van der Waals surface area contributed by atoms with E-state index >= 15 is 0 Å². The molecule has 0 radical (unpaired) electrons. The first-order valence-corrected chi connectivity index (χ1v) is 7.79. The number of hydrogen-bond donors (Lipinski definition) is 0. The fraction of sp³-hybridized carbons (Fsp3) is 0.471. The maximum atomic E-state index is 12.7. The van der Waals surface area contributed by atoms with Gasteiger partial charge in [0.1, 0.15) is 0 Å². The van der Waals surface area contributed by atoms with Crippen LogP contribution in [0.1, 0.15) is 49.4 Å². The van der Waals surface area contributed by atoms with Gasteiger partial charge in [-0.15, -0.1) is 10.2 Å². The fourth-order valence-corrected chi connectivity index (χ4v) is 3.14. The number of likely N-dealkylation sites (tertiary alicyclic amines) is 1. The molecule has 1 aliphatic heterocycles. The minimum atomic E-state index is 0.105. The summed E-state index contributed by atoms with van der Waals surface area (Å²) in [4.78, 5) is 14.8. The molecule has 2 atom stereocenters. The van der Waals surface area contributed by atoms with Gasteiger partial charge in [0.2, 0.25) is 11.8 Å². The number of hydrogen-bond acceptors (Lipinski definition) is 4. The highest BCUT2D eigenvalue weighted by Gasteiger charge is 2.29. The lowest BCUT2D eigenvalue weighted by Gasteiger charge is -2.39. The molecule has 0 saturated carbocycles.